The zero-order valence-corrected chi connectivity index (χ0v) is 13.8. The number of hydrogen-bond acceptors (Lipinski definition) is 2. The number of carbonyl (C=O) groups excluding carboxylic acids is 1. The summed E-state index contributed by atoms with van der Waals surface area (Å²) in [7, 11) is -1.73. The van der Waals surface area contributed by atoms with Gasteiger partial charge in [0.05, 0.1) is 8.07 Å². The number of rotatable bonds is 3. The first kappa shape index (κ1) is 16.4. The standard InChI is InChI=1S/C14H29NOSi/c1-11(15)9-12(16)10-17(8,13(2,3)4)14(5,6)7/h9H,10,15H2,1-8H3/b11-9+. The molecule has 17 heavy (non-hydrogen) atoms. The van der Waals surface area contributed by atoms with Gasteiger partial charge >= 0.3 is 0 Å². The minimum Gasteiger partial charge on any atom is -0.402 e. The van der Waals surface area contributed by atoms with Crippen molar-refractivity contribution < 1.29 is 4.79 Å². The predicted molar refractivity (Wildman–Crippen MR) is 78.8 cm³/mol. The first-order valence-electron chi connectivity index (χ1n) is 6.28. The first-order valence-corrected chi connectivity index (χ1v) is 8.98. The summed E-state index contributed by atoms with van der Waals surface area (Å²) in [5.41, 5.74) is 6.19. The van der Waals surface area contributed by atoms with Gasteiger partial charge < -0.3 is 5.73 Å². The largest absolute Gasteiger partial charge is 0.402 e. The lowest BCUT2D eigenvalue weighted by atomic mass is 10.2. The average molecular weight is 255 g/mol. The molecule has 0 bridgehead atoms. The summed E-state index contributed by atoms with van der Waals surface area (Å²) in [5, 5.41) is 0.411. The van der Waals surface area contributed by atoms with Gasteiger partial charge in [0.2, 0.25) is 0 Å². The SMILES string of the molecule is C/C(N)=C\C(=O)C[Si](C)(C(C)(C)C)C(C)(C)C. The molecule has 0 spiro atoms. The van der Waals surface area contributed by atoms with E-state index in [0.29, 0.717) is 11.7 Å². The van der Waals surface area contributed by atoms with Crippen LogP contribution in [0.5, 0.6) is 0 Å². The second-order valence-corrected chi connectivity index (χ2v) is 13.4. The van der Waals surface area contributed by atoms with E-state index in [0.717, 1.165) is 0 Å². The highest BCUT2D eigenvalue weighted by Crippen LogP contribution is 2.53. The second-order valence-electron chi connectivity index (χ2n) is 7.36. The third-order valence-electron chi connectivity index (χ3n) is 4.23. The van der Waals surface area contributed by atoms with Crippen molar-refractivity contribution in [3.8, 4) is 0 Å². The van der Waals surface area contributed by atoms with Gasteiger partial charge in [0, 0.05) is 11.7 Å². The van der Waals surface area contributed by atoms with Crippen LogP contribution >= 0.6 is 0 Å². The summed E-state index contributed by atoms with van der Waals surface area (Å²) < 4.78 is 0. The zero-order valence-electron chi connectivity index (χ0n) is 12.8. The highest BCUT2D eigenvalue weighted by Gasteiger charge is 2.49. The average Bonchev–Trinajstić information content (AvgIpc) is 1.97. The Bertz CT molecular complexity index is 300. The quantitative estimate of drug-likeness (QED) is 0.609. The molecule has 0 amide bonds. The molecule has 0 saturated heterocycles. The van der Waals surface area contributed by atoms with Crippen LogP contribution in [0.4, 0.5) is 0 Å². The van der Waals surface area contributed by atoms with Crippen LogP contribution in [0.2, 0.25) is 22.7 Å². The van der Waals surface area contributed by atoms with E-state index in [4.69, 9.17) is 5.73 Å². The van der Waals surface area contributed by atoms with Crippen LogP contribution in [-0.2, 0) is 4.79 Å². The van der Waals surface area contributed by atoms with Crippen LogP contribution in [0.1, 0.15) is 48.5 Å². The fourth-order valence-electron chi connectivity index (χ4n) is 2.31. The predicted octanol–water partition coefficient (Wildman–Crippen LogP) is 4.10. The number of carbonyl (C=O) groups is 1. The van der Waals surface area contributed by atoms with E-state index < -0.39 is 8.07 Å². The number of nitrogens with two attached hydrogens (primary N) is 1. The molecule has 0 aliphatic heterocycles. The second kappa shape index (κ2) is 4.97. The third-order valence-corrected chi connectivity index (χ3v) is 11.9. The fourth-order valence-corrected chi connectivity index (χ4v) is 6.42. The Hall–Kier alpha value is -0.573. The van der Waals surface area contributed by atoms with Crippen LogP contribution < -0.4 is 5.73 Å². The number of ketones is 1. The lowest BCUT2D eigenvalue weighted by Crippen LogP contribution is -2.50. The van der Waals surface area contributed by atoms with Crippen molar-refractivity contribution >= 4 is 13.9 Å². The first-order chi connectivity index (χ1) is 7.31. The Morgan fingerprint density at radius 3 is 1.71 bits per heavy atom. The molecule has 2 nitrogen and oxygen atoms in total. The normalized spacial score (nSPS) is 14.9. The third kappa shape index (κ3) is 3.98. The molecule has 0 atom stereocenters. The molecule has 0 aromatic rings. The molecule has 0 heterocycles. The van der Waals surface area contributed by atoms with Gasteiger partial charge in [0.15, 0.2) is 5.78 Å². The summed E-state index contributed by atoms with van der Waals surface area (Å²) in [6, 6.07) is 0.675. The Kier molecular flexibility index (Phi) is 4.80. The maximum Gasteiger partial charge on any atom is 0.154 e. The monoisotopic (exact) mass is 255 g/mol. The lowest BCUT2D eigenvalue weighted by Gasteiger charge is -2.49. The lowest BCUT2D eigenvalue weighted by molar-refractivity contribution is -0.112. The molecule has 0 saturated carbocycles. The van der Waals surface area contributed by atoms with Gasteiger partial charge in [-0.1, -0.05) is 48.1 Å². The van der Waals surface area contributed by atoms with Crippen molar-refractivity contribution in [3.63, 3.8) is 0 Å². The van der Waals surface area contributed by atoms with Crippen LogP contribution in [0.15, 0.2) is 11.8 Å². The molecular formula is C14H29NOSi. The van der Waals surface area contributed by atoms with Crippen molar-refractivity contribution in [2.45, 2.75) is 71.1 Å². The van der Waals surface area contributed by atoms with E-state index in [1.54, 1.807) is 13.0 Å². The molecule has 2 N–H and O–H groups in total. The maximum absolute atomic E-state index is 12.0. The van der Waals surface area contributed by atoms with Crippen LogP contribution in [0.3, 0.4) is 0 Å². The van der Waals surface area contributed by atoms with Crippen molar-refractivity contribution in [2.75, 3.05) is 0 Å². The van der Waals surface area contributed by atoms with Crippen LogP contribution in [0, 0.1) is 0 Å². The Balaban J connectivity index is 5.27. The Labute approximate surface area is 108 Å². The van der Waals surface area contributed by atoms with Gasteiger partial charge in [-0.3, -0.25) is 4.79 Å². The number of allylic oxidation sites excluding steroid dienone is 2. The molecule has 100 valence electrons. The van der Waals surface area contributed by atoms with Crippen molar-refractivity contribution in [1.29, 1.82) is 0 Å². The van der Waals surface area contributed by atoms with E-state index in [-0.39, 0.29) is 15.9 Å². The molecule has 0 rings (SSSR count). The van der Waals surface area contributed by atoms with E-state index in [1.807, 2.05) is 0 Å². The minimum atomic E-state index is -1.73. The highest BCUT2D eigenvalue weighted by atomic mass is 28.3. The van der Waals surface area contributed by atoms with Crippen molar-refractivity contribution in [1.82, 2.24) is 0 Å². The Morgan fingerprint density at radius 1 is 1.12 bits per heavy atom. The molecule has 0 radical (unpaired) electrons. The van der Waals surface area contributed by atoms with Gasteiger partial charge in [-0.2, -0.15) is 0 Å². The summed E-state index contributed by atoms with van der Waals surface area (Å²) in [5.74, 6) is 0.184. The van der Waals surface area contributed by atoms with E-state index in [1.165, 1.54) is 0 Å². The van der Waals surface area contributed by atoms with Crippen LogP contribution in [-0.4, -0.2) is 13.9 Å². The van der Waals surface area contributed by atoms with E-state index >= 15 is 0 Å². The maximum atomic E-state index is 12.0. The Morgan fingerprint density at radius 2 is 1.47 bits per heavy atom. The van der Waals surface area contributed by atoms with Gasteiger partial charge in [-0.05, 0) is 23.1 Å². The molecule has 0 aliphatic rings. The molecule has 0 unspecified atom stereocenters. The molecule has 0 aromatic heterocycles. The van der Waals surface area contributed by atoms with Crippen molar-refractivity contribution in [2.24, 2.45) is 5.73 Å². The molecule has 3 heteroatoms. The molecular weight excluding hydrogens is 226 g/mol. The van der Waals surface area contributed by atoms with E-state index in [9.17, 15) is 4.79 Å². The summed E-state index contributed by atoms with van der Waals surface area (Å²) >= 11 is 0. The van der Waals surface area contributed by atoms with Gasteiger partial charge in [0.25, 0.3) is 0 Å². The van der Waals surface area contributed by atoms with Crippen molar-refractivity contribution in [3.05, 3.63) is 11.8 Å². The fraction of sp³-hybridized carbons (Fsp3) is 0.786. The number of hydrogen-bond donors (Lipinski definition) is 1. The van der Waals surface area contributed by atoms with Gasteiger partial charge in [-0.15, -0.1) is 0 Å². The smallest absolute Gasteiger partial charge is 0.154 e. The summed E-state index contributed by atoms with van der Waals surface area (Å²) in [6.45, 7) is 17.7. The zero-order chi connectivity index (χ0) is 14.1. The summed E-state index contributed by atoms with van der Waals surface area (Å²) in [4.78, 5) is 12.0. The van der Waals surface area contributed by atoms with Gasteiger partial charge in [-0.25, -0.2) is 0 Å². The molecule has 0 aliphatic carbocycles. The van der Waals surface area contributed by atoms with Gasteiger partial charge in [0.1, 0.15) is 0 Å². The minimum absolute atomic E-state index is 0.184. The molecule has 0 fully saturated rings. The summed E-state index contributed by atoms with van der Waals surface area (Å²) in [6.07, 6.45) is 1.59. The topological polar surface area (TPSA) is 43.1 Å². The van der Waals surface area contributed by atoms with E-state index in [2.05, 4.69) is 48.1 Å². The van der Waals surface area contributed by atoms with Crippen LogP contribution in [0.25, 0.3) is 0 Å². The molecule has 0 aromatic carbocycles. The highest BCUT2D eigenvalue weighted by molar-refractivity contribution is 6.86.